The van der Waals surface area contributed by atoms with Gasteiger partial charge >= 0.3 is 0 Å². The lowest BCUT2D eigenvalue weighted by molar-refractivity contribution is 0.133. The summed E-state index contributed by atoms with van der Waals surface area (Å²) >= 11 is 0. The first-order valence-corrected chi connectivity index (χ1v) is 6.43. The van der Waals surface area contributed by atoms with Crippen molar-refractivity contribution in [3.8, 4) is 6.07 Å². The molecule has 2 unspecified atom stereocenters. The number of rotatable bonds is 1. The highest BCUT2D eigenvalue weighted by molar-refractivity contribution is 5.12. The standard InChI is InChI=1S/C14H25N3/c1-11-7-13(5,6)9-14(8-11,10-15)17-16-12(2,3)4/h11H,7-9H2,1-6H3/b17-16+. The van der Waals surface area contributed by atoms with E-state index in [0.717, 1.165) is 12.8 Å². The van der Waals surface area contributed by atoms with Crippen molar-refractivity contribution in [2.24, 2.45) is 21.6 Å². The van der Waals surface area contributed by atoms with Gasteiger partial charge in [0.2, 0.25) is 0 Å². The summed E-state index contributed by atoms with van der Waals surface area (Å²) in [5.74, 6) is 0.539. The Labute approximate surface area is 105 Å². The Morgan fingerprint density at radius 1 is 1.24 bits per heavy atom. The van der Waals surface area contributed by atoms with Gasteiger partial charge in [-0.3, -0.25) is 0 Å². The fourth-order valence-corrected chi connectivity index (χ4v) is 2.96. The van der Waals surface area contributed by atoms with Gasteiger partial charge in [-0.1, -0.05) is 20.8 Å². The lowest BCUT2D eigenvalue weighted by atomic mass is 9.65. The van der Waals surface area contributed by atoms with Crippen LogP contribution in [-0.4, -0.2) is 11.1 Å². The van der Waals surface area contributed by atoms with E-state index in [4.69, 9.17) is 0 Å². The Morgan fingerprint density at radius 2 is 1.82 bits per heavy atom. The highest BCUT2D eigenvalue weighted by Crippen LogP contribution is 2.45. The molecule has 0 bridgehead atoms. The molecule has 1 fully saturated rings. The molecule has 0 aromatic heterocycles. The van der Waals surface area contributed by atoms with Crippen LogP contribution in [0.5, 0.6) is 0 Å². The van der Waals surface area contributed by atoms with Crippen LogP contribution < -0.4 is 0 Å². The minimum Gasteiger partial charge on any atom is -0.196 e. The van der Waals surface area contributed by atoms with Crippen molar-refractivity contribution < 1.29 is 0 Å². The molecule has 0 N–H and O–H groups in total. The molecule has 1 aliphatic rings. The van der Waals surface area contributed by atoms with Gasteiger partial charge in [-0.2, -0.15) is 15.5 Å². The average molecular weight is 235 g/mol. The van der Waals surface area contributed by atoms with Crippen LogP contribution in [0.4, 0.5) is 0 Å². The van der Waals surface area contributed by atoms with E-state index >= 15 is 0 Å². The van der Waals surface area contributed by atoms with Gasteiger partial charge in [0.25, 0.3) is 0 Å². The smallest absolute Gasteiger partial charge is 0.168 e. The van der Waals surface area contributed by atoms with Crippen molar-refractivity contribution in [2.45, 2.75) is 71.9 Å². The first kappa shape index (κ1) is 14.2. The summed E-state index contributed by atoms with van der Waals surface area (Å²) in [6.07, 6.45) is 2.83. The number of nitriles is 1. The molecule has 0 amide bonds. The Balaban J connectivity index is 2.97. The number of hydrogen-bond donors (Lipinski definition) is 0. The summed E-state index contributed by atoms with van der Waals surface area (Å²) < 4.78 is 0. The second-order valence-corrected chi connectivity index (χ2v) is 7.37. The molecule has 0 radical (unpaired) electrons. The molecule has 1 rings (SSSR count). The zero-order valence-corrected chi connectivity index (χ0v) is 12.0. The molecule has 1 aliphatic carbocycles. The predicted octanol–water partition coefficient (Wildman–Crippen LogP) is 4.35. The Morgan fingerprint density at radius 3 is 2.24 bits per heavy atom. The molecule has 3 heteroatoms. The second-order valence-electron chi connectivity index (χ2n) is 7.37. The van der Waals surface area contributed by atoms with Crippen molar-refractivity contribution in [3.63, 3.8) is 0 Å². The Bertz CT molecular complexity index is 343. The van der Waals surface area contributed by atoms with E-state index in [2.05, 4.69) is 37.1 Å². The molecule has 0 aromatic rings. The molecule has 0 saturated heterocycles. The molecular weight excluding hydrogens is 210 g/mol. The molecule has 3 nitrogen and oxygen atoms in total. The van der Waals surface area contributed by atoms with E-state index in [1.54, 1.807) is 0 Å². The van der Waals surface area contributed by atoms with Crippen molar-refractivity contribution >= 4 is 0 Å². The van der Waals surface area contributed by atoms with Gasteiger partial charge in [0.1, 0.15) is 0 Å². The Hall–Kier alpha value is -0.910. The second kappa shape index (κ2) is 4.40. The van der Waals surface area contributed by atoms with Crippen LogP contribution in [-0.2, 0) is 0 Å². The van der Waals surface area contributed by atoms with Gasteiger partial charge in [-0.05, 0) is 51.4 Å². The first-order chi connectivity index (χ1) is 7.58. The van der Waals surface area contributed by atoms with E-state index in [0.29, 0.717) is 5.92 Å². The lowest BCUT2D eigenvalue weighted by Crippen LogP contribution is -2.39. The summed E-state index contributed by atoms with van der Waals surface area (Å²) in [6, 6.07) is 2.42. The fourth-order valence-electron chi connectivity index (χ4n) is 2.96. The van der Waals surface area contributed by atoms with Crippen molar-refractivity contribution in [3.05, 3.63) is 0 Å². The van der Waals surface area contributed by atoms with Crippen LogP contribution in [0.25, 0.3) is 0 Å². The van der Waals surface area contributed by atoms with Crippen LogP contribution in [0, 0.1) is 22.7 Å². The molecule has 17 heavy (non-hydrogen) atoms. The van der Waals surface area contributed by atoms with Gasteiger partial charge in [0.05, 0.1) is 11.6 Å². The van der Waals surface area contributed by atoms with Crippen molar-refractivity contribution in [1.82, 2.24) is 0 Å². The van der Waals surface area contributed by atoms with Crippen LogP contribution >= 0.6 is 0 Å². The van der Waals surface area contributed by atoms with Crippen LogP contribution in [0.3, 0.4) is 0 Å². The van der Waals surface area contributed by atoms with Crippen LogP contribution in [0.1, 0.15) is 60.8 Å². The van der Waals surface area contributed by atoms with E-state index in [-0.39, 0.29) is 11.0 Å². The summed E-state index contributed by atoms with van der Waals surface area (Å²) in [4.78, 5) is 0. The van der Waals surface area contributed by atoms with Gasteiger partial charge in [-0.15, -0.1) is 0 Å². The summed E-state index contributed by atoms with van der Waals surface area (Å²) in [5, 5.41) is 18.2. The minimum atomic E-state index is -0.603. The summed E-state index contributed by atoms with van der Waals surface area (Å²) in [6.45, 7) is 12.7. The maximum Gasteiger partial charge on any atom is 0.168 e. The monoisotopic (exact) mass is 235 g/mol. The van der Waals surface area contributed by atoms with E-state index < -0.39 is 5.54 Å². The Kier molecular flexibility index (Phi) is 3.66. The third kappa shape index (κ3) is 4.11. The van der Waals surface area contributed by atoms with E-state index in [1.807, 2.05) is 20.8 Å². The zero-order chi connectivity index (χ0) is 13.3. The zero-order valence-electron chi connectivity index (χ0n) is 12.0. The highest BCUT2D eigenvalue weighted by atomic mass is 15.2. The molecule has 0 aliphatic heterocycles. The maximum atomic E-state index is 9.48. The van der Waals surface area contributed by atoms with Crippen molar-refractivity contribution in [1.29, 1.82) is 5.26 Å². The minimum absolute atomic E-state index is 0.185. The quantitative estimate of drug-likeness (QED) is 0.623. The molecule has 0 heterocycles. The third-order valence-electron chi connectivity index (χ3n) is 3.11. The van der Waals surface area contributed by atoms with E-state index in [9.17, 15) is 5.26 Å². The maximum absolute atomic E-state index is 9.48. The summed E-state index contributed by atoms with van der Waals surface area (Å²) in [5.41, 5.74) is -0.618. The largest absolute Gasteiger partial charge is 0.196 e. The summed E-state index contributed by atoms with van der Waals surface area (Å²) in [7, 11) is 0. The van der Waals surface area contributed by atoms with Gasteiger partial charge < -0.3 is 0 Å². The van der Waals surface area contributed by atoms with Gasteiger partial charge in [-0.25, -0.2) is 0 Å². The SMILES string of the molecule is CC1CC(C)(C)CC(C#N)(/N=N/C(C)(C)C)C1. The number of azo groups is 1. The fraction of sp³-hybridized carbons (Fsp3) is 0.929. The van der Waals surface area contributed by atoms with Gasteiger partial charge in [0.15, 0.2) is 5.54 Å². The van der Waals surface area contributed by atoms with E-state index in [1.165, 1.54) is 6.42 Å². The molecule has 2 atom stereocenters. The first-order valence-electron chi connectivity index (χ1n) is 6.43. The molecule has 0 spiro atoms. The number of nitrogens with zero attached hydrogens (tertiary/aromatic N) is 3. The molecule has 96 valence electrons. The predicted molar refractivity (Wildman–Crippen MR) is 69.7 cm³/mol. The topological polar surface area (TPSA) is 48.5 Å². The molecule has 1 saturated carbocycles. The van der Waals surface area contributed by atoms with Crippen molar-refractivity contribution in [2.75, 3.05) is 0 Å². The van der Waals surface area contributed by atoms with Crippen LogP contribution in [0.15, 0.2) is 10.2 Å². The molecular formula is C14H25N3. The van der Waals surface area contributed by atoms with Crippen LogP contribution in [0.2, 0.25) is 0 Å². The van der Waals surface area contributed by atoms with Gasteiger partial charge in [0, 0.05) is 0 Å². The normalized spacial score (nSPS) is 33.6. The third-order valence-corrected chi connectivity index (χ3v) is 3.11. The highest BCUT2D eigenvalue weighted by Gasteiger charge is 2.43. The number of hydrogen-bond acceptors (Lipinski definition) is 3. The lowest BCUT2D eigenvalue weighted by Gasteiger charge is -2.41. The average Bonchev–Trinajstić information content (AvgIpc) is 2.10. The molecule has 0 aromatic carbocycles.